The van der Waals surface area contributed by atoms with Crippen molar-refractivity contribution in [2.24, 2.45) is 0 Å². The largest absolute Gasteiger partial charge is 0.289 e. The van der Waals surface area contributed by atoms with Gasteiger partial charge < -0.3 is 0 Å². The first-order valence-electron chi connectivity index (χ1n) is 6.14. The van der Waals surface area contributed by atoms with Crippen LogP contribution in [0.25, 0.3) is 11.0 Å². The average molecular weight is 239 g/mol. The molecule has 0 aliphatic rings. The Morgan fingerprint density at radius 2 is 1.94 bits per heavy atom. The van der Waals surface area contributed by atoms with Crippen LogP contribution in [0.4, 0.5) is 0 Å². The van der Waals surface area contributed by atoms with E-state index in [-0.39, 0.29) is 0 Å². The molecule has 1 aromatic heterocycles. The summed E-state index contributed by atoms with van der Waals surface area (Å²) >= 11 is 0. The molecule has 0 atom stereocenters. The zero-order chi connectivity index (χ0) is 12.8. The van der Waals surface area contributed by atoms with Gasteiger partial charge in [-0.15, -0.1) is 5.92 Å². The number of hydrogen-bond acceptors (Lipinski definition) is 3. The normalized spacial score (nSPS) is 10.4. The number of benzene rings is 1. The highest BCUT2D eigenvalue weighted by Gasteiger charge is 2.02. The smallest absolute Gasteiger partial charge is 0.0890 e. The number of aromatic nitrogens is 2. The summed E-state index contributed by atoms with van der Waals surface area (Å²) < 4.78 is 0. The van der Waals surface area contributed by atoms with Crippen molar-refractivity contribution >= 4 is 11.0 Å². The molecule has 0 saturated carbocycles. The number of fused-ring (bicyclic) bond motifs is 1. The van der Waals surface area contributed by atoms with Gasteiger partial charge >= 0.3 is 0 Å². The van der Waals surface area contributed by atoms with Crippen LogP contribution in [0.3, 0.4) is 0 Å². The van der Waals surface area contributed by atoms with Gasteiger partial charge in [-0.3, -0.25) is 9.88 Å². The molecule has 0 fully saturated rings. The number of rotatable bonds is 3. The van der Waals surface area contributed by atoms with Crippen molar-refractivity contribution in [1.29, 1.82) is 0 Å². The first-order valence-corrected chi connectivity index (χ1v) is 6.14. The maximum atomic E-state index is 4.59. The zero-order valence-corrected chi connectivity index (χ0v) is 10.8. The molecule has 0 aliphatic carbocycles. The van der Waals surface area contributed by atoms with E-state index in [1.165, 1.54) is 0 Å². The first kappa shape index (κ1) is 12.5. The lowest BCUT2D eigenvalue weighted by Gasteiger charge is -2.12. The van der Waals surface area contributed by atoms with Crippen LogP contribution in [0.15, 0.2) is 30.5 Å². The van der Waals surface area contributed by atoms with Crippen LogP contribution >= 0.6 is 0 Å². The highest BCUT2D eigenvalue weighted by Crippen LogP contribution is 2.09. The summed E-state index contributed by atoms with van der Waals surface area (Å²) in [7, 11) is 2.04. The molecule has 0 radical (unpaired) electrons. The Hall–Kier alpha value is -1.92. The van der Waals surface area contributed by atoms with Gasteiger partial charge in [-0.05, 0) is 19.2 Å². The fourth-order valence-corrected chi connectivity index (χ4v) is 1.72. The van der Waals surface area contributed by atoms with Gasteiger partial charge in [-0.1, -0.05) is 25.0 Å². The fourth-order valence-electron chi connectivity index (χ4n) is 1.72. The van der Waals surface area contributed by atoms with Crippen molar-refractivity contribution < 1.29 is 0 Å². The molecule has 2 rings (SSSR count). The van der Waals surface area contributed by atoms with Crippen molar-refractivity contribution in [3.05, 3.63) is 36.2 Å². The Morgan fingerprint density at radius 1 is 1.17 bits per heavy atom. The maximum Gasteiger partial charge on any atom is 0.0890 e. The van der Waals surface area contributed by atoms with Gasteiger partial charge in [-0.2, -0.15) is 0 Å². The Bertz CT molecular complexity index is 581. The van der Waals surface area contributed by atoms with E-state index in [1.807, 2.05) is 37.5 Å². The minimum atomic E-state index is 0.766. The molecule has 18 heavy (non-hydrogen) atoms. The van der Waals surface area contributed by atoms with Crippen LogP contribution in [0.5, 0.6) is 0 Å². The van der Waals surface area contributed by atoms with E-state index in [0.29, 0.717) is 0 Å². The second-order valence-electron chi connectivity index (χ2n) is 4.23. The summed E-state index contributed by atoms with van der Waals surface area (Å²) in [6, 6.07) is 7.92. The second-order valence-corrected chi connectivity index (χ2v) is 4.23. The topological polar surface area (TPSA) is 29.0 Å². The Balaban J connectivity index is 2.07. The van der Waals surface area contributed by atoms with Gasteiger partial charge in [0.25, 0.3) is 0 Å². The summed E-state index contributed by atoms with van der Waals surface area (Å²) in [5.41, 5.74) is 2.87. The van der Waals surface area contributed by atoms with Crippen molar-refractivity contribution in [3.8, 4) is 11.8 Å². The average Bonchev–Trinajstić information content (AvgIpc) is 2.39. The molecule has 2 aromatic rings. The van der Waals surface area contributed by atoms with E-state index >= 15 is 0 Å². The van der Waals surface area contributed by atoms with E-state index in [1.54, 1.807) is 0 Å². The number of para-hydroxylation sites is 2. The van der Waals surface area contributed by atoms with E-state index in [2.05, 4.69) is 33.6 Å². The fraction of sp³-hybridized carbons (Fsp3) is 0.333. The highest BCUT2D eigenvalue weighted by atomic mass is 15.1. The van der Waals surface area contributed by atoms with Gasteiger partial charge in [0.2, 0.25) is 0 Å². The SMILES string of the molecule is CCC#CCN(C)Cc1cnc2ccccc2n1. The van der Waals surface area contributed by atoms with Crippen molar-refractivity contribution in [3.63, 3.8) is 0 Å². The first-order chi connectivity index (χ1) is 8.79. The van der Waals surface area contributed by atoms with Gasteiger partial charge in [0.1, 0.15) is 0 Å². The molecule has 0 N–H and O–H groups in total. The van der Waals surface area contributed by atoms with Crippen molar-refractivity contribution in [1.82, 2.24) is 14.9 Å². The monoisotopic (exact) mass is 239 g/mol. The summed E-state index contributed by atoms with van der Waals surface area (Å²) in [6.45, 7) is 3.60. The van der Waals surface area contributed by atoms with Crippen LogP contribution < -0.4 is 0 Å². The summed E-state index contributed by atoms with van der Waals surface area (Å²) in [5.74, 6) is 6.19. The molecule has 0 saturated heterocycles. The Labute approximate surface area is 108 Å². The predicted octanol–water partition coefficient (Wildman–Crippen LogP) is 2.48. The third-order valence-corrected chi connectivity index (χ3v) is 2.58. The molecule has 0 aliphatic heterocycles. The Morgan fingerprint density at radius 3 is 2.72 bits per heavy atom. The van der Waals surface area contributed by atoms with Gasteiger partial charge in [0.05, 0.1) is 29.5 Å². The van der Waals surface area contributed by atoms with Crippen LogP contribution in [0, 0.1) is 11.8 Å². The molecule has 3 heteroatoms. The third kappa shape index (κ3) is 3.28. The van der Waals surface area contributed by atoms with E-state index in [9.17, 15) is 0 Å². The molecular formula is C15H17N3. The highest BCUT2D eigenvalue weighted by molar-refractivity contribution is 5.73. The summed E-state index contributed by atoms with van der Waals surface area (Å²) in [4.78, 5) is 11.1. The lowest BCUT2D eigenvalue weighted by Crippen LogP contribution is -2.18. The van der Waals surface area contributed by atoms with E-state index in [4.69, 9.17) is 0 Å². The molecular weight excluding hydrogens is 222 g/mol. The number of nitrogens with zero attached hydrogens (tertiary/aromatic N) is 3. The zero-order valence-electron chi connectivity index (χ0n) is 10.8. The quantitative estimate of drug-likeness (QED) is 0.770. The van der Waals surface area contributed by atoms with E-state index < -0.39 is 0 Å². The molecule has 0 bridgehead atoms. The molecule has 92 valence electrons. The van der Waals surface area contributed by atoms with Gasteiger partial charge in [0, 0.05) is 13.0 Å². The maximum absolute atomic E-state index is 4.59. The lowest BCUT2D eigenvalue weighted by molar-refractivity contribution is 0.364. The van der Waals surface area contributed by atoms with Crippen molar-refractivity contribution in [2.45, 2.75) is 19.9 Å². The molecule has 1 heterocycles. The molecule has 0 spiro atoms. The van der Waals surface area contributed by atoms with Crippen LogP contribution in [0.1, 0.15) is 19.0 Å². The van der Waals surface area contributed by atoms with E-state index in [0.717, 1.165) is 36.2 Å². The van der Waals surface area contributed by atoms with Crippen LogP contribution in [0.2, 0.25) is 0 Å². The van der Waals surface area contributed by atoms with Crippen LogP contribution in [-0.2, 0) is 6.54 Å². The summed E-state index contributed by atoms with van der Waals surface area (Å²) in [5, 5.41) is 0. The number of hydrogen-bond donors (Lipinski definition) is 0. The summed E-state index contributed by atoms with van der Waals surface area (Å²) in [6.07, 6.45) is 2.75. The standard InChI is InChI=1S/C15H17N3/c1-3-4-7-10-18(2)12-13-11-16-14-8-5-6-9-15(14)17-13/h5-6,8-9,11H,3,10,12H2,1-2H3. The Kier molecular flexibility index (Phi) is 4.27. The predicted molar refractivity (Wildman–Crippen MR) is 73.9 cm³/mol. The minimum Gasteiger partial charge on any atom is -0.289 e. The van der Waals surface area contributed by atoms with Gasteiger partial charge in [-0.25, -0.2) is 4.98 Å². The minimum absolute atomic E-state index is 0.766. The molecule has 0 unspecified atom stereocenters. The van der Waals surface area contributed by atoms with Crippen molar-refractivity contribution in [2.75, 3.05) is 13.6 Å². The lowest BCUT2D eigenvalue weighted by atomic mass is 10.3. The molecule has 0 amide bonds. The molecule has 3 nitrogen and oxygen atoms in total. The third-order valence-electron chi connectivity index (χ3n) is 2.58. The van der Waals surface area contributed by atoms with Gasteiger partial charge in [0.15, 0.2) is 0 Å². The molecule has 1 aromatic carbocycles. The van der Waals surface area contributed by atoms with Crippen LogP contribution in [-0.4, -0.2) is 28.5 Å². The second kappa shape index (κ2) is 6.13.